The average molecular weight is 248 g/mol. The first kappa shape index (κ1) is 13.0. The Balaban J connectivity index is 2.58. The normalized spacial score (nSPS) is 13.0. The van der Waals surface area contributed by atoms with Crippen LogP contribution < -0.4 is 0 Å². The van der Waals surface area contributed by atoms with E-state index in [1.54, 1.807) is 0 Å². The molecule has 90 valence electrons. The largest absolute Gasteiger partial charge is 0.351 e. The first-order valence-electron chi connectivity index (χ1n) is 4.65. The predicted octanol–water partition coefficient (Wildman–Crippen LogP) is 1.74. The van der Waals surface area contributed by atoms with E-state index in [-0.39, 0.29) is 11.5 Å². The number of nitrogens with zero attached hydrogens (tertiary/aromatic N) is 2. The summed E-state index contributed by atoms with van der Waals surface area (Å²) in [7, 11) is 3.69. The summed E-state index contributed by atoms with van der Waals surface area (Å²) in [6.45, 7) is 0.816. The molecule has 0 unspecified atom stereocenters. The summed E-state index contributed by atoms with van der Waals surface area (Å²) in [5.41, 5.74) is 0. The highest BCUT2D eigenvalue weighted by Crippen LogP contribution is 2.25. The van der Waals surface area contributed by atoms with Gasteiger partial charge in [0.1, 0.15) is 4.88 Å². The number of likely N-dealkylation sites (N-methyl/N-ethyl adjacent to an activating group) is 1. The highest BCUT2D eigenvalue weighted by Gasteiger charge is 2.25. The molecule has 0 aromatic carbocycles. The number of rotatable bonds is 6. The summed E-state index contributed by atoms with van der Waals surface area (Å²) in [4.78, 5) is 12.3. The zero-order chi connectivity index (χ0) is 12.1. The van der Waals surface area contributed by atoms with Crippen LogP contribution in [0.2, 0.25) is 0 Å². The van der Waals surface area contributed by atoms with E-state index in [1.807, 2.05) is 19.0 Å². The van der Waals surface area contributed by atoms with E-state index in [0.29, 0.717) is 6.54 Å². The fourth-order valence-corrected chi connectivity index (χ4v) is 1.81. The minimum absolute atomic E-state index is 0.234. The van der Waals surface area contributed by atoms with Crippen molar-refractivity contribution in [3.8, 4) is 0 Å². The quantitative estimate of drug-likeness (QED) is 0.437. The highest BCUT2D eigenvalue weighted by molar-refractivity contribution is 7.10. The Labute approximate surface area is 96.6 Å². The van der Waals surface area contributed by atoms with Crippen molar-refractivity contribution in [3.05, 3.63) is 32.3 Å². The SMILES string of the molecule is CN(C)CCO[C@@H](c1ccc(F)s1)[N+](=O)[O-]. The van der Waals surface area contributed by atoms with E-state index >= 15 is 0 Å². The Morgan fingerprint density at radius 3 is 2.75 bits per heavy atom. The predicted molar refractivity (Wildman–Crippen MR) is 58.5 cm³/mol. The first-order chi connectivity index (χ1) is 7.50. The second kappa shape index (κ2) is 5.88. The molecule has 1 heterocycles. The lowest BCUT2D eigenvalue weighted by molar-refractivity contribution is -0.583. The van der Waals surface area contributed by atoms with E-state index in [4.69, 9.17) is 4.74 Å². The standard InChI is InChI=1S/C9H13FN2O3S/c1-11(2)5-6-15-9(12(13)14)7-3-4-8(10)16-7/h3-4,9H,5-6H2,1-2H3/t9-/m0/s1. The minimum atomic E-state index is -1.27. The zero-order valence-corrected chi connectivity index (χ0v) is 9.87. The molecule has 0 radical (unpaired) electrons. The molecule has 0 aliphatic heterocycles. The van der Waals surface area contributed by atoms with Gasteiger partial charge < -0.3 is 9.64 Å². The lowest BCUT2D eigenvalue weighted by Crippen LogP contribution is -2.22. The smallest absolute Gasteiger partial charge is 0.311 e. The van der Waals surface area contributed by atoms with Gasteiger partial charge in [-0.25, -0.2) is 0 Å². The summed E-state index contributed by atoms with van der Waals surface area (Å²) in [6, 6.07) is 2.58. The van der Waals surface area contributed by atoms with Gasteiger partial charge in [-0.1, -0.05) is 0 Å². The van der Waals surface area contributed by atoms with Gasteiger partial charge in [0.25, 0.3) is 0 Å². The molecule has 5 nitrogen and oxygen atoms in total. The van der Waals surface area contributed by atoms with Gasteiger partial charge in [0.05, 0.1) is 11.5 Å². The van der Waals surface area contributed by atoms with Crippen molar-refractivity contribution in [1.29, 1.82) is 0 Å². The van der Waals surface area contributed by atoms with Gasteiger partial charge in [0.15, 0.2) is 5.13 Å². The third-order valence-electron chi connectivity index (χ3n) is 1.84. The highest BCUT2D eigenvalue weighted by atomic mass is 32.1. The Morgan fingerprint density at radius 1 is 1.62 bits per heavy atom. The Bertz CT molecular complexity index is 356. The van der Waals surface area contributed by atoms with Crippen LogP contribution in [-0.2, 0) is 4.74 Å². The van der Waals surface area contributed by atoms with E-state index in [9.17, 15) is 14.5 Å². The van der Waals surface area contributed by atoms with Crippen molar-refractivity contribution >= 4 is 11.3 Å². The molecule has 1 atom stereocenters. The van der Waals surface area contributed by atoms with Crippen LogP contribution in [0.1, 0.15) is 11.1 Å². The number of halogens is 1. The van der Waals surface area contributed by atoms with Crippen LogP contribution in [0.25, 0.3) is 0 Å². The van der Waals surface area contributed by atoms with Crippen LogP contribution in [0.3, 0.4) is 0 Å². The summed E-state index contributed by atoms with van der Waals surface area (Å²) in [5.74, 6) is 0. The molecule has 1 aromatic rings. The topological polar surface area (TPSA) is 55.6 Å². The molecule has 1 aromatic heterocycles. The third kappa shape index (κ3) is 3.84. The molecule has 0 aliphatic rings. The van der Waals surface area contributed by atoms with Crippen LogP contribution in [0.5, 0.6) is 0 Å². The summed E-state index contributed by atoms with van der Waals surface area (Å²) in [5, 5.41) is 10.3. The fraction of sp³-hybridized carbons (Fsp3) is 0.556. The monoisotopic (exact) mass is 248 g/mol. The third-order valence-corrected chi connectivity index (χ3v) is 2.75. The molecule has 1 rings (SSSR count). The van der Waals surface area contributed by atoms with Crippen LogP contribution in [0, 0.1) is 15.2 Å². The number of ether oxygens (including phenoxy) is 1. The van der Waals surface area contributed by atoms with Gasteiger partial charge in [0, 0.05) is 6.54 Å². The van der Waals surface area contributed by atoms with Gasteiger partial charge in [-0.2, -0.15) is 4.39 Å². The lowest BCUT2D eigenvalue weighted by atomic mass is 10.4. The second-order valence-corrected chi connectivity index (χ2v) is 4.52. The molecule has 0 amide bonds. The van der Waals surface area contributed by atoms with E-state index in [0.717, 1.165) is 11.3 Å². The fourth-order valence-electron chi connectivity index (χ4n) is 1.05. The average Bonchev–Trinajstić information content (AvgIpc) is 2.58. The molecule has 0 N–H and O–H groups in total. The van der Waals surface area contributed by atoms with Crippen molar-refractivity contribution in [2.75, 3.05) is 27.2 Å². The Morgan fingerprint density at radius 2 is 2.31 bits per heavy atom. The van der Waals surface area contributed by atoms with E-state index in [2.05, 4.69) is 0 Å². The molecular weight excluding hydrogens is 235 g/mol. The number of hydrogen-bond donors (Lipinski definition) is 0. The second-order valence-electron chi connectivity index (χ2n) is 3.45. The maximum Gasteiger partial charge on any atom is 0.351 e. The minimum Gasteiger partial charge on any atom is -0.311 e. The van der Waals surface area contributed by atoms with Crippen molar-refractivity contribution in [1.82, 2.24) is 4.90 Å². The zero-order valence-electron chi connectivity index (χ0n) is 9.05. The summed E-state index contributed by atoms with van der Waals surface area (Å²) >= 11 is 0.736. The molecular formula is C9H13FN2O3S. The molecule has 0 aliphatic carbocycles. The van der Waals surface area contributed by atoms with Gasteiger partial charge in [-0.15, -0.1) is 11.3 Å². The lowest BCUT2D eigenvalue weighted by Gasteiger charge is -2.12. The molecule has 0 saturated carbocycles. The van der Waals surface area contributed by atoms with Crippen LogP contribution in [0.15, 0.2) is 12.1 Å². The first-order valence-corrected chi connectivity index (χ1v) is 5.47. The number of thiophene rings is 1. The molecule has 16 heavy (non-hydrogen) atoms. The Hall–Kier alpha value is -1.05. The van der Waals surface area contributed by atoms with Crippen molar-refractivity contribution in [2.45, 2.75) is 6.23 Å². The van der Waals surface area contributed by atoms with E-state index in [1.165, 1.54) is 12.1 Å². The molecule has 7 heteroatoms. The van der Waals surface area contributed by atoms with Crippen LogP contribution in [-0.4, -0.2) is 37.1 Å². The van der Waals surface area contributed by atoms with Gasteiger partial charge in [0.2, 0.25) is 0 Å². The van der Waals surface area contributed by atoms with Gasteiger partial charge in [-0.05, 0) is 26.2 Å². The van der Waals surface area contributed by atoms with Gasteiger partial charge in [-0.3, -0.25) is 10.1 Å². The molecule has 0 fully saturated rings. The van der Waals surface area contributed by atoms with Crippen LogP contribution in [0.4, 0.5) is 4.39 Å². The van der Waals surface area contributed by atoms with Gasteiger partial charge >= 0.3 is 6.23 Å². The van der Waals surface area contributed by atoms with E-state index < -0.39 is 16.3 Å². The summed E-state index contributed by atoms with van der Waals surface area (Å²) in [6.07, 6.45) is -1.27. The van der Waals surface area contributed by atoms with Crippen LogP contribution >= 0.6 is 11.3 Å². The maximum absolute atomic E-state index is 12.7. The van der Waals surface area contributed by atoms with Crippen molar-refractivity contribution < 1.29 is 14.1 Å². The van der Waals surface area contributed by atoms with Crippen molar-refractivity contribution in [3.63, 3.8) is 0 Å². The molecule has 0 saturated heterocycles. The number of nitro groups is 1. The number of hydrogen-bond acceptors (Lipinski definition) is 5. The molecule has 0 bridgehead atoms. The maximum atomic E-state index is 12.7. The summed E-state index contributed by atoms with van der Waals surface area (Å²) < 4.78 is 17.9. The molecule has 0 spiro atoms. The van der Waals surface area contributed by atoms with Crippen molar-refractivity contribution in [2.24, 2.45) is 0 Å². The Kier molecular flexibility index (Phi) is 4.78.